The number of Topliss-reactive ketones (excluding diaryl/α,β-unsaturated/α-hetero) is 1. The quantitative estimate of drug-likeness (QED) is 0.350. The van der Waals surface area contributed by atoms with E-state index in [9.17, 15) is 4.79 Å². The van der Waals surface area contributed by atoms with E-state index in [1.54, 1.807) is 0 Å². The molecule has 1 saturated carbocycles. The van der Waals surface area contributed by atoms with E-state index in [4.69, 9.17) is 46.4 Å². The van der Waals surface area contributed by atoms with Gasteiger partial charge < -0.3 is 0 Å². The van der Waals surface area contributed by atoms with Crippen LogP contribution in [0.2, 0.25) is 20.1 Å². The summed E-state index contributed by atoms with van der Waals surface area (Å²) in [7, 11) is 0. The van der Waals surface area contributed by atoms with Crippen LogP contribution in [0.25, 0.3) is 0 Å². The largest absolute Gasteiger partial charge is 0.294 e. The molecule has 19 heavy (non-hydrogen) atoms. The van der Waals surface area contributed by atoms with E-state index in [-0.39, 0.29) is 25.9 Å². The number of halogens is 4. The van der Waals surface area contributed by atoms with E-state index in [1.165, 1.54) is 31.7 Å². The molecule has 1 fully saturated rings. The predicted molar refractivity (Wildman–Crippen MR) is 82.0 cm³/mol. The summed E-state index contributed by atoms with van der Waals surface area (Å²) in [6.07, 6.45) is 6.33. The maximum Gasteiger partial charge on any atom is 0.165 e. The van der Waals surface area contributed by atoms with E-state index in [1.807, 2.05) is 0 Å². The fraction of sp³-hybridized carbons (Fsp3) is 0.500. The van der Waals surface area contributed by atoms with Crippen LogP contribution in [-0.4, -0.2) is 5.78 Å². The predicted octanol–water partition coefficient (Wildman–Crippen LogP) is 6.45. The fourth-order valence-corrected chi connectivity index (χ4v) is 3.70. The average molecular weight is 340 g/mol. The molecule has 0 bridgehead atoms. The second kappa shape index (κ2) is 6.67. The Kier molecular flexibility index (Phi) is 5.42. The van der Waals surface area contributed by atoms with Crippen molar-refractivity contribution in [3.05, 3.63) is 31.7 Å². The van der Waals surface area contributed by atoms with Gasteiger partial charge in [0.2, 0.25) is 0 Å². The highest BCUT2D eigenvalue weighted by molar-refractivity contribution is 6.51. The summed E-state index contributed by atoms with van der Waals surface area (Å²) in [4.78, 5) is 12.2. The van der Waals surface area contributed by atoms with Crippen LogP contribution in [0.15, 0.2) is 6.07 Å². The Morgan fingerprint density at radius 1 is 1.05 bits per heavy atom. The second-order valence-corrected chi connectivity index (χ2v) is 6.53. The van der Waals surface area contributed by atoms with Gasteiger partial charge in [0.15, 0.2) is 5.78 Å². The van der Waals surface area contributed by atoms with Gasteiger partial charge in [0.05, 0.1) is 25.7 Å². The maximum atomic E-state index is 12.2. The monoisotopic (exact) mass is 338 g/mol. The van der Waals surface area contributed by atoms with Crippen LogP contribution in [0, 0.1) is 5.92 Å². The molecule has 1 aromatic carbocycles. The number of rotatable bonds is 4. The fourth-order valence-electron chi connectivity index (χ4n) is 2.58. The summed E-state index contributed by atoms with van der Waals surface area (Å²) in [5, 5.41) is 0.896. The van der Waals surface area contributed by atoms with Gasteiger partial charge in [-0.25, -0.2) is 0 Å². The van der Waals surface area contributed by atoms with E-state index in [0.717, 1.165) is 6.42 Å². The third kappa shape index (κ3) is 3.58. The molecule has 0 aromatic heterocycles. The highest BCUT2D eigenvalue weighted by atomic mass is 35.5. The molecule has 0 aliphatic heterocycles. The molecular formula is C14H14Cl4O. The number of benzene rings is 1. The van der Waals surface area contributed by atoms with Crippen molar-refractivity contribution >= 4 is 52.2 Å². The van der Waals surface area contributed by atoms with Crippen molar-refractivity contribution < 1.29 is 4.79 Å². The lowest BCUT2D eigenvalue weighted by molar-refractivity contribution is 0.0974. The number of hydrogen-bond acceptors (Lipinski definition) is 1. The van der Waals surface area contributed by atoms with Crippen LogP contribution < -0.4 is 0 Å². The Balaban J connectivity index is 2.12. The molecule has 0 amide bonds. The van der Waals surface area contributed by atoms with Gasteiger partial charge in [-0.05, 0) is 18.4 Å². The van der Waals surface area contributed by atoms with Crippen LogP contribution in [-0.2, 0) is 0 Å². The number of carbonyl (C=O) groups excluding carboxylic acids is 1. The van der Waals surface area contributed by atoms with Gasteiger partial charge in [-0.1, -0.05) is 72.1 Å². The zero-order valence-electron chi connectivity index (χ0n) is 10.3. The molecule has 0 atom stereocenters. The van der Waals surface area contributed by atoms with E-state index >= 15 is 0 Å². The van der Waals surface area contributed by atoms with Gasteiger partial charge in [-0.2, -0.15) is 0 Å². The minimum Gasteiger partial charge on any atom is -0.294 e. The Bertz CT molecular complexity index is 493. The van der Waals surface area contributed by atoms with E-state index in [2.05, 4.69) is 0 Å². The number of ketones is 1. The van der Waals surface area contributed by atoms with Crippen LogP contribution >= 0.6 is 46.4 Å². The highest BCUT2D eigenvalue weighted by Gasteiger charge is 2.22. The summed E-state index contributed by atoms with van der Waals surface area (Å²) in [6, 6.07) is 1.47. The first kappa shape index (κ1) is 15.4. The molecule has 5 heteroatoms. The molecule has 0 saturated heterocycles. The van der Waals surface area contributed by atoms with Gasteiger partial charge in [0.1, 0.15) is 0 Å². The summed E-state index contributed by atoms with van der Waals surface area (Å²) in [5.74, 6) is 0.602. The van der Waals surface area contributed by atoms with Crippen molar-refractivity contribution in [1.82, 2.24) is 0 Å². The zero-order valence-corrected chi connectivity index (χ0v) is 13.3. The molecule has 0 heterocycles. The lowest BCUT2D eigenvalue weighted by atomic mass is 9.97. The summed E-state index contributed by atoms with van der Waals surface area (Å²) in [6.45, 7) is 0. The maximum absolute atomic E-state index is 12.2. The molecule has 1 aliphatic carbocycles. The Morgan fingerprint density at radius 3 is 2.32 bits per heavy atom. The topological polar surface area (TPSA) is 17.1 Å². The van der Waals surface area contributed by atoms with Crippen LogP contribution in [0.1, 0.15) is 48.9 Å². The lowest BCUT2D eigenvalue weighted by Gasteiger charge is -2.11. The first-order valence-corrected chi connectivity index (χ1v) is 7.88. The minimum absolute atomic E-state index is 0.0551. The number of hydrogen-bond donors (Lipinski definition) is 0. The van der Waals surface area contributed by atoms with Crippen molar-refractivity contribution in [2.45, 2.75) is 38.5 Å². The SMILES string of the molecule is O=C(CCC1CCCC1)c1c(Cl)cc(Cl)c(Cl)c1Cl. The van der Waals surface area contributed by atoms with E-state index in [0.29, 0.717) is 17.9 Å². The molecule has 0 unspecified atom stereocenters. The molecule has 0 radical (unpaired) electrons. The van der Waals surface area contributed by atoms with Crippen LogP contribution in [0.4, 0.5) is 0 Å². The molecule has 0 spiro atoms. The van der Waals surface area contributed by atoms with Gasteiger partial charge in [-0.15, -0.1) is 0 Å². The number of carbonyl (C=O) groups is 1. The van der Waals surface area contributed by atoms with E-state index < -0.39 is 0 Å². The van der Waals surface area contributed by atoms with Crippen molar-refractivity contribution in [2.24, 2.45) is 5.92 Å². The molecule has 104 valence electrons. The molecule has 1 aromatic rings. The Morgan fingerprint density at radius 2 is 1.68 bits per heavy atom. The van der Waals surface area contributed by atoms with Gasteiger partial charge in [-0.3, -0.25) is 4.79 Å². The second-order valence-electron chi connectivity index (χ2n) is 4.96. The molecule has 0 N–H and O–H groups in total. The molecule has 1 aliphatic rings. The average Bonchev–Trinajstić information content (AvgIpc) is 2.86. The van der Waals surface area contributed by atoms with Gasteiger partial charge in [0.25, 0.3) is 0 Å². The smallest absolute Gasteiger partial charge is 0.165 e. The zero-order chi connectivity index (χ0) is 14.0. The van der Waals surface area contributed by atoms with Crippen LogP contribution in [0.3, 0.4) is 0 Å². The third-order valence-electron chi connectivity index (χ3n) is 3.65. The first-order chi connectivity index (χ1) is 9.00. The summed E-state index contributed by atoms with van der Waals surface area (Å²) >= 11 is 23.9. The summed E-state index contributed by atoms with van der Waals surface area (Å²) in [5.41, 5.74) is 0.302. The van der Waals surface area contributed by atoms with Crippen molar-refractivity contribution in [2.75, 3.05) is 0 Å². The summed E-state index contributed by atoms with van der Waals surface area (Å²) < 4.78 is 0. The van der Waals surface area contributed by atoms with Crippen molar-refractivity contribution in [3.63, 3.8) is 0 Å². The van der Waals surface area contributed by atoms with Gasteiger partial charge >= 0.3 is 0 Å². The lowest BCUT2D eigenvalue weighted by Crippen LogP contribution is -2.05. The normalized spacial score (nSPS) is 16.0. The third-order valence-corrected chi connectivity index (χ3v) is 5.21. The van der Waals surface area contributed by atoms with Gasteiger partial charge in [0, 0.05) is 6.42 Å². The molecule has 1 nitrogen and oxygen atoms in total. The highest BCUT2D eigenvalue weighted by Crippen LogP contribution is 2.38. The van der Waals surface area contributed by atoms with Crippen LogP contribution in [0.5, 0.6) is 0 Å². The first-order valence-electron chi connectivity index (χ1n) is 6.37. The standard InChI is InChI=1S/C14H14Cl4O/c15-9-7-10(16)13(17)14(18)12(9)11(19)6-5-8-3-1-2-4-8/h7-8H,1-6H2. The van der Waals surface area contributed by atoms with Crippen molar-refractivity contribution in [1.29, 1.82) is 0 Å². The Hall–Kier alpha value is 0.0500. The minimum atomic E-state index is -0.0551. The Labute approximate surface area is 133 Å². The molecule has 2 rings (SSSR count). The van der Waals surface area contributed by atoms with Crippen molar-refractivity contribution in [3.8, 4) is 0 Å². The molecular weight excluding hydrogens is 326 g/mol.